The van der Waals surface area contributed by atoms with Crippen LogP contribution in [0.2, 0.25) is 0 Å². The van der Waals surface area contributed by atoms with E-state index in [0.717, 1.165) is 18.5 Å². The van der Waals surface area contributed by atoms with Crippen LogP contribution in [0.5, 0.6) is 0 Å². The van der Waals surface area contributed by atoms with Crippen molar-refractivity contribution in [2.75, 3.05) is 18.4 Å². The van der Waals surface area contributed by atoms with Gasteiger partial charge in [-0.2, -0.15) is 0 Å². The second kappa shape index (κ2) is 5.95. The van der Waals surface area contributed by atoms with Gasteiger partial charge >= 0.3 is 0 Å². The van der Waals surface area contributed by atoms with E-state index in [0.29, 0.717) is 6.04 Å². The lowest BCUT2D eigenvalue weighted by molar-refractivity contribution is 0.192. The first-order chi connectivity index (χ1) is 9.38. The van der Waals surface area contributed by atoms with Gasteiger partial charge in [0.2, 0.25) is 5.95 Å². The van der Waals surface area contributed by atoms with E-state index in [4.69, 9.17) is 0 Å². The van der Waals surface area contributed by atoms with Gasteiger partial charge in [-0.15, -0.1) is 0 Å². The fourth-order valence-corrected chi connectivity index (χ4v) is 3.54. The SMILES string of the molecule is CCCCn1ccnc1NC1CCN2CCCCC12. The van der Waals surface area contributed by atoms with Gasteiger partial charge < -0.3 is 9.88 Å². The van der Waals surface area contributed by atoms with E-state index in [1.165, 1.54) is 51.6 Å². The number of anilines is 1. The lowest BCUT2D eigenvalue weighted by atomic mass is 9.99. The number of imidazole rings is 1. The molecule has 2 unspecified atom stereocenters. The lowest BCUT2D eigenvalue weighted by Gasteiger charge is -2.32. The molecule has 4 nitrogen and oxygen atoms in total. The van der Waals surface area contributed by atoms with Crippen LogP contribution in [-0.4, -0.2) is 39.6 Å². The quantitative estimate of drug-likeness (QED) is 0.885. The van der Waals surface area contributed by atoms with Gasteiger partial charge in [-0.1, -0.05) is 19.8 Å². The molecular formula is C15H26N4. The summed E-state index contributed by atoms with van der Waals surface area (Å²) in [6.07, 6.45) is 11.9. The van der Waals surface area contributed by atoms with Crippen LogP contribution >= 0.6 is 0 Å². The summed E-state index contributed by atoms with van der Waals surface area (Å²) in [5.74, 6) is 1.07. The van der Waals surface area contributed by atoms with E-state index in [-0.39, 0.29) is 0 Å². The molecule has 106 valence electrons. The minimum Gasteiger partial charge on any atom is -0.351 e. The molecule has 4 heteroatoms. The highest BCUT2D eigenvalue weighted by atomic mass is 15.3. The zero-order valence-corrected chi connectivity index (χ0v) is 12.0. The summed E-state index contributed by atoms with van der Waals surface area (Å²) in [5, 5.41) is 3.71. The minimum absolute atomic E-state index is 0.600. The van der Waals surface area contributed by atoms with Crippen molar-refractivity contribution in [1.82, 2.24) is 14.5 Å². The fourth-order valence-electron chi connectivity index (χ4n) is 3.54. The number of rotatable bonds is 5. The van der Waals surface area contributed by atoms with Gasteiger partial charge in [0.15, 0.2) is 0 Å². The highest BCUT2D eigenvalue weighted by Crippen LogP contribution is 2.29. The van der Waals surface area contributed by atoms with E-state index in [9.17, 15) is 0 Å². The number of aryl methyl sites for hydroxylation is 1. The van der Waals surface area contributed by atoms with Gasteiger partial charge in [0.1, 0.15) is 0 Å². The predicted octanol–water partition coefficient (Wildman–Crippen LogP) is 2.72. The van der Waals surface area contributed by atoms with Crippen LogP contribution in [0.3, 0.4) is 0 Å². The Morgan fingerprint density at radius 1 is 1.32 bits per heavy atom. The van der Waals surface area contributed by atoms with E-state index in [1.807, 2.05) is 6.20 Å². The van der Waals surface area contributed by atoms with Gasteiger partial charge in [-0.3, -0.25) is 4.90 Å². The molecule has 0 radical (unpaired) electrons. The number of unbranched alkanes of at least 4 members (excludes halogenated alkanes) is 1. The maximum Gasteiger partial charge on any atom is 0.203 e. The molecule has 2 atom stereocenters. The van der Waals surface area contributed by atoms with E-state index in [2.05, 4.69) is 32.9 Å². The van der Waals surface area contributed by atoms with Crippen LogP contribution in [0.25, 0.3) is 0 Å². The summed E-state index contributed by atoms with van der Waals surface area (Å²) in [4.78, 5) is 7.17. The van der Waals surface area contributed by atoms with Crippen molar-refractivity contribution in [3.05, 3.63) is 12.4 Å². The molecule has 1 aromatic rings. The zero-order valence-electron chi connectivity index (χ0n) is 12.0. The van der Waals surface area contributed by atoms with E-state index >= 15 is 0 Å². The number of nitrogens with zero attached hydrogens (tertiary/aromatic N) is 3. The van der Waals surface area contributed by atoms with Crippen molar-refractivity contribution in [3.8, 4) is 0 Å². The summed E-state index contributed by atoms with van der Waals surface area (Å²) in [5.41, 5.74) is 0. The van der Waals surface area contributed by atoms with Crippen LogP contribution in [0, 0.1) is 0 Å². The molecule has 0 spiro atoms. The summed E-state index contributed by atoms with van der Waals surface area (Å²) >= 11 is 0. The van der Waals surface area contributed by atoms with Crippen LogP contribution in [0.15, 0.2) is 12.4 Å². The Labute approximate surface area is 116 Å². The first-order valence-corrected chi connectivity index (χ1v) is 7.90. The first kappa shape index (κ1) is 13.0. The Morgan fingerprint density at radius 2 is 2.26 bits per heavy atom. The number of piperidine rings is 1. The minimum atomic E-state index is 0.600. The Hall–Kier alpha value is -1.03. The molecular weight excluding hydrogens is 236 g/mol. The maximum absolute atomic E-state index is 4.50. The van der Waals surface area contributed by atoms with Gasteiger partial charge in [0, 0.05) is 37.6 Å². The maximum atomic E-state index is 4.50. The molecule has 2 aliphatic heterocycles. The third-order valence-electron chi connectivity index (χ3n) is 4.64. The third kappa shape index (κ3) is 2.78. The average Bonchev–Trinajstić information content (AvgIpc) is 3.05. The second-order valence-corrected chi connectivity index (χ2v) is 5.94. The van der Waals surface area contributed by atoms with E-state index < -0.39 is 0 Å². The molecule has 2 saturated heterocycles. The summed E-state index contributed by atoms with van der Waals surface area (Å²) < 4.78 is 2.27. The van der Waals surface area contributed by atoms with Crippen molar-refractivity contribution in [2.24, 2.45) is 0 Å². The van der Waals surface area contributed by atoms with Crippen LogP contribution < -0.4 is 5.32 Å². The monoisotopic (exact) mass is 262 g/mol. The topological polar surface area (TPSA) is 33.1 Å². The molecule has 0 amide bonds. The van der Waals surface area contributed by atoms with Crippen molar-refractivity contribution < 1.29 is 0 Å². The molecule has 3 heterocycles. The normalized spacial score (nSPS) is 27.4. The molecule has 1 N–H and O–H groups in total. The molecule has 0 aromatic carbocycles. The van der Waals surface area contributed by atoms with Crippen molar-refractivity contribution in [2.45, 2.75) is 64.1 Å². The Balaban J connectivity index is 1.63. The summed E-state index contributed by atoms with van der Waals surface area (Å²) in [6.45, 7) is 5.88. The molecule has 1 aromatic heterocycles. The Kier molecular flexibility index (Phi) is 4.06. The molecule has 0 aliphatic carbocycles. The Morgan fingerprint density at radius 3 is 3.16 bits per heavy atom. The average molecular weight is 262 g/mol. The van der Waals surface area contributed by atoms with E-state index in [1.54, 1.807) is 0 Å². The molecule has 2 fully saturated rings. The third-order valence-corrected chi connectivity index (χ3v) is 4.64. The summed E-state index contributed by atoms with van der Waals surface area (Å²) in [6, 6.07) is 1.34. The summed E-state index contributed by atoms with van der Waals surface area (Å²) in [7, 11) is 0. The van der Waals surface area contributed by atoms with Crippen LogP contribution in [0.4, 0.5) is 5.95 Å². The highest BCUT2D eigenvalue weighted by Gasteiger charge is 2.35. The first-order valence-electron chi connectivity index (χ1n) is 7.90. The predicted molar refractivity (Wildman–Crippen MR) is 78.4 cm³/mol. The van der Waals surface area contributed by atoms with Gasteiger partial charge in [-0.05, 0) is 32.2 Å². The van der Waals surface area contributed by atoms with Crippen molar-refractivity contribution in [3.63, 3.8) is 0 Å². The van der Waals surface area contributed by atoms with Crippen molar-refractivity contribution >= 4 is 5.95 Å². The number of hydrogen-bond acceptors (Lipinski definition) is 3. The number of fused-ring (bicyclic) bond motifs is 1. The number of hydrogen-bond donors (Lipinski definition) is 1. The molecule has 3 rings (SSSR count). The molecule has 2 aliphatic rings. The molecule has 19 heavy (non-hydrogen) atoms. The van der Waals surface area contributed by atoms with Gasteiger partial charge in [0.25, 0.3) is 0 Å². The van der Waals surface area contributed by atoms with Gasteiger partial charge in [0.05, 0.1) is 0 Å². The molecule has 0 bridgehead atoms. The number of nitrogens with one attached hydrogen (secondary N) is 1. The van der Waals surface area contributed by atoms with Gasteiger partial charge in [-0.25, -0.2) is 4.98 Å². The lowest BCUT2D eigenvalue weighted by Crippen LogP contribution is -2.42. The molecule has 0 saturated carbocycles. The highest BCUT2D eigenvalue weighted by molar-refractivity contribution is 5.29. The zero-order chi connectivity index (χ0) is 13.1. The fraction of sp³-hybridized carbons (Fsp3) is 0.800. The van der Waals surface area contributed by atoms with Crippen LogP contribution in [-0.2, 0) is 6.54 Å². The largest absolute Gasteiger partial charge is 0.351 e. The standard InChI is InChI=1S/C15H26N4/c1-2-3-9-19-12-8-16-15(19)17-13-7-11-18-10-5-4-6-14(13)18/h8,12-14H,2-7,9-11H2,1H3,(H,16,17). The Bertz CT molecular complexity index is 401. The van der Waals surface area contributed by atoms with Crippen LogP contribution in [0.1, 0.15) is 45.4 Å². The number of aromatic nitrogens is 2. The second-order valence-electron chi connectivity index (χ2n) is 5.94. The van der Waals surface area contributed by atoms with Crippen molar-refractivity contribution in [1.29, 1.82) is 0 Å². The smallest absolute Gasteiger partial charge is 0.203 e.